The third-order valence-electron chi connectivity index (χ3n) is 1.74. The van der Waals surface area contributed by atoms with Crippen LogP contribution in [-0.4, -0.2) is 27.2 Å². The molecule has 1 aromatic heterocycles. The van der Waals surface area contributed by atoms with E-state index < -0.39 is 0 Å². The summed E-state index contributed by atoms with van der Waals surface area (Å²) in [5.41, 5.74) is 0. The lowest BCUT2D eigenvalue weighted by atomic mass is 10.3. The van der Waals surface area contributed by atoms with Crippen LogP contribution in [-0.2, 0) is 4.79 Å². The van der Waals surface area contributed by atoms with Gasteiger partial charge in [0.05, 0.1) is 11.7 Å². The van der Waals surface area contributed by atoms with Crippen molar-refractivity contribution in [2.24, 2.45) is 0 Å². The van der Waals surface area contributed by atoms with Crippen molar-refractivity contribution in [1.29, 1.82) is 0 Å². The summed E-state index contributed by atoms with van der Waals surface area (Å²) in [7, 11) is 0. The van der Waals surface area contributed by atoms with Gasteiger partial charge in [0.2, 0.25) is 5.91 Å². The van der Waals surface area contributed by atoms with Crippen LogP contribution < -0.4 is 10.6 Å². The summed E-state index contributed by atoms with van der Waals surface area (Å²) in [5, 5.41) is 5.97. The summed E-state index contributed by atoms with van der Waals surface area (Å²) in [6.07, 6.45) is 0.914. The predicted octanol–water partition coefficient (Wildman–Crippen LogP) is 1.52. The molecule has 0 radical (unpaired) electrons. The number of carbonyl (C=O) groups is 1. The first-order valence-electron chi connectivity index (χ1n) is 4.67. The maximum atomic E-state index is 11.5. The molecule has 1 amide bonds. The van der Waals surface area contributed by atoms with Crippen molar-refractivity contribution in [3.8, 4) is 0 Å². The molecular formula is C8H13ClN4OS. The van der Waals surface area contributed by atoms with Crippen LogP contribution in [0.25, 0.3) is 0 Å². The highest BCUT2D eigenvalue weighted by molar-refractivity contribution is 6.99. The Labute approximate surface area is 97.5 Å². The maximum absolute atomic E-state index is 11.5. The van der Waals surface area contributed by atoms with Crippen LogP contribution in [0.15, 0.2) is 0 Å². The van der Waals surface area contributed by atoms with Crippen LogP contribution in [0, 0.1) is 0 Å². The predicted molar refractivity (Wildman–Crippen MR) is 61.3 cm³/mol. The third kappa shape index (κ3) is 3.64. The topological polar surface area (TPSA) is 66.9 Å². The number of rotatable bonds is 5. The van der Waals surface area contributed by atoms with E-state index >= 15 is 0 Å². The molecule has 0 spiro atoms. The molecule has 1 heterocycles. The molecule has 0 aliphatic heterocycles. The van der Waals surface area contributed by atoms with Crippen LogP contribution in [0.1, 0.15) is 20.3 Å². The number of amides is 1. The van der Waals surface area contributed by atoms with E-state index in [0.29, 0.717) is 17.5 Å². The molecule has 0 saturated carbocycles. The smallest absolute Gasteiger partial charge is 0.242 e. The SMILES string of the molecule is CCCNC(=O)C(C)Nc1nsnc1Cl. The molecule has 1 unspecified atom stereocenters. The number of halogens is 1. The maximum Gasteiger partial charge on any atom is 0.242 e. The van der Waals surface area contributed by atoms with Crippen molar-refractivity contribution in [2.75, 3.05) is 11.9 Å². The molecule has 15 heavy (non-hydrogen) atoms. The van der Waals surface area contributed by atoms with Crippen molar-refractivity contribution in [2.45, 2.75) is 26.3 Å². The molecule has 0 aromatic carbocycles. The quantitative estimate of drug-likeness (QED) is 0.829. The number of aromatic nitrogens is 2. The van der Waals surface area contributed by atoms with Gasteiger partial charge in [-0.15, -0.1) is 0 Å². The van der Waals surface area contributed by atoms with Crippen LogP contribution in [0.5, 0.6) is 0 Å². The number of hydrogen-bond donors (Lipinski definition) is 2. The van der Waals surface area contributed by atoms with Gasteiger partial charge in [0, 0.05) is 6.54 Å². The van der Waals surface area contributed by atoms with Crippen LogP contribution >= 0.6 is 23.3 Å². The summed E-state index contributed by atoms with van der Waals surface area (Å²) in [5.74, 6) is 0.390. The van der Waals surface area contributed by atoms with Gasteiger partial charge < -0.3 is 10.6 Å². The zero-order valence-corrected chi connectivity index (χ0v) is 10.2. The van der Waals surface area contributed by atoms with Gasteiger partial charge in [-0.05, 0) is 13.3 Å². The van der Waals surface area contributed by atoms with Gasteiger partial charge in [0.25, 0.3) is 0 Å². The summed E-state index contributed by atoms with van der Waals surface area (Å²) in [6.45, 7) is 4.42. The number of carbonyl (C=O) groups excluding carboxylic acids is 1. The van der Waals surface area contributed by atoms with Gasteiger partial charge >= 0.3 is 0 Å². The highest BCUT2D eigenvalue weighted by atomic mass is 35.5. The summed E-state index contributed by atoms with van der Waals surface area (Å²) >= 11 is 6.75. The van der Waals surface area contributed by atoms with Crippen molar-refractivity contribution in [3.05, 3.63) is 5.15 Å². The van der Waals surface area contributed by atoms with Gasteiger partial charge in [-0.25, -0.2) is 0 Å². The highest BCUT2D eigenvalue weighted by Crippen LogP contribution is 2.18. The summed E-state index contributed by atoms with van der Waals surface area (Å²) in [4.78, 5) is 11.5. The monoisotopic (exact) mass is 248 g/mol. The normalized spacial score (nSPS) is 12.2. The molecule has 84 valence electrons. The second kappa shape index (κ2) is 5.87. The molecule has 0 fully saturated rings. The first-order chi connectivity index (χ1) is 7.15. The van der Waals surface area contributed by atoms with Crippen molar-refractivity contribution >= 4 is 35.1 Å². The van der Waals surface area contributed by atoms with E-state index in [9.17, 15) is 4.79 Å². The second-order valence-corrected chi connectivity index (χ2v) is 3.95. The molecule has 0 saturated heterocycles. The Balaban J connectivity index is 2.45. The number of nitrogens with one attached hydrogen (secondary N) is 2. The molecular weight excluding hydrogens is 236 g/mol. The molecule has 1 aromatic rings. The molecule has 0 aliphatic rings. The number of nitrogens with zero attached hydrogens (tertiary/aromatic N) is 2. The Morgan fingerprint density at radius 2 is 2.33 bits per heavy atom. The molecule has 0 bridgehead atoms. The van der Waals surface area contributed by atoms with Crippen LogP contribution in [0.3, 0.4) is 0 Å². The summed E-state index contributed by atoms with van der Waals surface area (Å²) < 4.78 is 7.72. The largest absolute Gasteiger partial charge is 0.355 e. The van der Waals surface area contributed by atoms with E-state index in [2.05, 4.69) is 19.4 Å². The van der Waals surface area contributed by atoms with Gasteiger partial charge in [0.1, 0.15) is 6.04 Å². The van der Waals surface area contributed by atoms with Crippen molar-refractivity contribution in [1.82, 2.24) is 14.1 Å². The molecule has 0 aliphatic carbocycles. The second-order valence-electron chi connectivity index (χ2n) is 3.06. The molecule has 2 N–H and O–H groups in total. The standard InChI is InChI=1S/C8H13ClN4OS/c1-3-4-10-8(14)5(2)11-7-6(9)12-15-13-7/h5H,3-4H2,1-2H3,(H,10,14)(H,11,13). The molecule has 1 atom stereocenters. The van der Waals surface area contributed by atoms with Gasteiger partial charge in [0.15, 0.2) is 11.0 Å². The minimum Gasteiger partial charge on any atom is -0.355 e. The fourth-order valence-electron chi connectivity index (χ4n) is 0.936. The fraction of sp³-hybridized carbons (Fsp3) is 0.625. The molecule has 5 nitrogen and oxygen atoms in total. The Morgan fingerprint density at radius 3 is 2.87 bits per heavy atom. The Bertz CT molecular complexity index is 330. The van der Waals surface area contributed by atoms with E-state index in [-0.39, 0.29) is 11.9 Å². The highest BCUT2D eigenvalue weighted by Gasteiger charge is 2.14. The number of anilines is 1. The Morgan fingerprint density at radius 1 is 1.60 bits per heavy atom. The molecule has 1 rings (SSSR count). The van der Waals surface area contributed by atoms with E-state index in [1.807, 2.05) is 6.92 Å². The van der Waals surface area contributed by atoms with Crippen LogP contribution in [0.4, 0.5) is 5.82 Å². The Hall–Kier alpha value is -0.880. The van der Waals surface area contributed by atoms with Gasteiger partial charge in [-0.1, -0.05) is 18.5 Å². The van der Waals surface area contributed by atoms with Gasteiger partial charge in [-0.3, -0.25) is 4.79 Å². The lowest BCUT2D eigenvalue weighted by Crippen LogP contribution is -2.38. The van der Waals surface area contributed by atoms with E-state index in [1.165, 1.54) is 0 Å². The lowest BCUT2D eigenvalue weighted by Gasteiger charge is -2.12. The zero-order valence-electron chi connectivity index (χ0n) is 8.58. The third-order valence-corrected chi connectivity index (χ3v) is 2.64. The lowest BCUT2D eigenvalue weighted by molar-refractivity contribution is -0.121. The van der Waals surface area contributed by atoms with E-state index in [4.69, 9.17) is 11.6 Å². The van der Waals surface area contributed by atoms with Crippen LogP contribution in [0.2, 0.25) is 5.15 Å². The average Bonchev–Trinajstić information content (AvgIpc) is 2.61. The first-order valence-corrected chi connectivity index (χ1v) is 5.78. The Kier molecular flexibility index (Phi) is 4.77. The fourth-order valence-corrected chi connectivity index (χ4v) is 1.60. The first kappa shape index (κ1) is 12.2. The average molecular weight is 249 g/mol. The van der Waals surface area contributed by atoms with Crippen molar-refractivity contribution in [3.63, 3.8) is 0 Å². The molecule has 7 heteroatoms. The van der Waals surface area contributed by atoms with E-state index in [0.717, 1.165) is 18.1 Å². The number of hydrogen-bond acceptors (Lipinski definition) is 5. The minimum absolute atomic E-state index is 0.0686. The van der Waals surface area contributed by atoms with Crippen molar-refractivity contribution < 1.29 is 4.79 Å². The summed E-state index contributed by atoms with van der Waals surface area (Å²) in [6, 6.07) is -0.363. The van der Waals surface area contributed by atoms with Gasteiger partial charge in [-0.2, -0.15) is 8.75 Å². The minimum atomic E-state index is -0.363. The zero-order chi connectivity index (χ0) is 11.3. The van der Waals surface area contributed by atoms with E-state index in [1.54, 1.807) is 6.92 Å².